The van der Waals surface area contributed by atoms with Crippen LogP contribution in [-0.4, -0.2) is 46.5 Å². The lowest BCUT2D eigenvalue weighted by Crippen LogP contribution is -2.35. The second-order valence-electron chi connectivity index (χ2n) is 5.55. The number of hydrogen-bond donors (Lipinski definition) is 1. The molecule has 1 saturated heterocycles. The molecule has 24 heavy (non-hydrogen) atoms. The van der Waals surface area contributed by atoms with E-state index in [1.165, 1.54) is 0 Å². The molecule has 0 atom stereocenters. The number of rotatable bonds is 6. The van der Waals surface area contributed by atoms with Crippen LogP contribution in [0.2, 0.25) is 0 Å². The van der Waals surface area contributed by atoms with Gasteiger partial charge in [0.2, 0.25) is 11.8 Å². The first-order valence-corrected chi connectivity index (χ1v) is 7.80. The Bertz CT molecular complexity index is 574. The van der Waals surface area contributed by atoms with Crippen LogP contribution in [0.1, 0.15) is 43.8 Å². The fourth-order valence-corrected chi connectivity index (χ4v) is 2.38. The summed E-state index contributed by atoms with van der Waals surface area (Å²) in [5.74, 6) is -1.73. The Morgan fingerprint density at radius 1 is 1.29 bits per heavy atom. The van der Waals surface area contributed by atoms with Crippen molar-refractivity contribution in [3.63, 3.8) is 0 Å². The average molecular weight is 348 g/mol. The molecular formula is C14H19F3N4O3. The highest BCUT2D eigenvalue weighted by Crippen LogP contribution is 2.27. The second kappa shape index (κ2) is 8.11. The normalized spacial score (nSPS) is 16.1. The molecule has 0 saturated carbocycles. The van der Waals surface area contributed by atoms with Gasteiger partial charge in [0.25, 0.3) is 0 Å². The van der Waals surface area contributed by atoms with Crippen LogP contribution < -0.4 is 5.32 Å². The summed E-state index contributed by atoms with van der Waals surface area (Å²) in [5.41, 5.74) is 0. The molecule has 1 aromatic rings. The lowest BCUT2D eigenvalue weighted by molar-refractivity contribution is -0.159. The Labute approximate surface area is 136 Å². The molecule has 0 bridgehead atoms. The summed E-state index contributed by atoms with van der Waals surface area (Å²) in [6, 6.07) is 0. The topological polar surface area (TPSA) is 88.3 Å². The zero-order valence-electron chi connectivity index (χ0n) is 13.1. The average Bonchev–Trinajstić information content (AvgIpc) is 2.89. The standard InChI is InChI=1S/C14H19F3N4O3/c15-14(16,17)13-19-10(20-24-13)5-7-18-11(22)6-9-21-8-3-1-2-4-12(21)23/h1-9H2,(H,18,22). The summed E-state index contributed by atoms with van der Waals surface area (Å²) in [6.45, 7) is 1.11. The first kappa shape index (κ1) is 18.2. The maximum absolute atomic E-state index is 12.3. The first-order valence-electron chi connectivity index (χ1n) is 7.80. The molecule has 0 radical (unpaired) electrons. The lowest BCUT2D eigenvalue weighted by atomic mass is 10.2. The van der Waals surface area contributed by atoms with Crippen LogP contribution in [0.3, 0.4) is 0 Å². The van der Waals surface area contributed by atoms with E-state index < -0.39 is 12.1 Å². The van der Waals surface area contributed by atoms with Crippen LogP contribution in [0.5, 0.6) is 0 Å². The van der Waals surface area contributed by atoms with E-state index in [9.17, 15) is 22.8 Å². The highest BCUT2D eigenvalue weighted by Gasteiger charge is 2.38. The minimum atomic E-state index is -4.67. The van der Waals surface area contributed by atoms with Gasteiger partial charge in [0.1, 0.15) is 0 Å². The number of nitrogens with zero attached hydrogens (tertiary/aromatic N) is 3. The van der Waals surface area contributed by atoms with E-state index in [1.54, 1.807) is 4.90 Å². The molecule has 2 rings (SSSR count). The Balaban J connectivity index is 1.68. The molecule has 10 heteroatoms. The summed E-state index contributed by atoms with van der Waals surface area (Å²) in [4.78, 5) is 28.4. The quantitative estimate of drug-likeness (QED) is 0.842. The molecule has 1 fully saturated rings. The van der Waals surface area contributed by atoms with Gasteiger partial charge in [0, 0.05) is 38.9 Å². The van der Waals surface area contributed by atoms with Gasteiger partial charge in [-0.1, -0.05) is 11.6 Å². The molecule has 7 nitrogen and oxygen atoms in total. The van der Waals surface area contributed by atoms with E-state index in [4.69, 9.17) is 0 Å². The maximum Gasteiger partial charge on any atom is 0.471 e. The number of carbonyl (C=O) groups is 2. The Morgan fingerprint density at radius 3 is 2.79 bits per heavy atom. The second-order valence-corrected chi connectivity index (χ2v) is 5.55. The predicted molar refractivity (Wildman–Crippen MR) is 75.7 cm³/mol. The van der Waals surface area contributed by atoms with E-state index in [0.717, 1.165) is 19.3 Å². The molecule has 1 aliphatic rings. The summed E-state index contributed by atoms with van der Waals surface area (Å²) < 4.78 is 41.0. The molecular weight excluding hydrogens is 329 g/mol. The van der Waals surface area contributed by atoms with Crippen molar-refractivity contribution in [1.82, 2.24) is 20.4 Å². The van der Waals surface area contributed by atoms with Crippen LogP contribution >= 0.6 is 0 Å². The highest BCUT2D eigenvalue weighted by atomic mass is 19.4. The van der Waals surface area contributed by atoms with Crippen LogP contribution in [0, 0.1) is 0 Å². The van der Waals surface area contributed by atoms with Crippen molar-refractivity contribution in [1.29, 1.82) is 0 Å². The summed E-state index contributed by atoms with van der Waals surface area (Å²) >= 11 is 0. The number of halogens is 3. The van der Waals surface area contributed by atoms with E-state index in [2.05, 4.69) is 20.0 Å². The molecule has 2 amide bonds. The third-order valence-corrected chi connectivity index (χ3v) is 3.66. The Morgan fingerprint density at radius 2 is 2.08 bits per heavy atom. The maximum atomic E-state index is 12.3. The smallest absolute Gasteiger partial charge is 0.356 e. The number of nitrogens with one attached hydrogen (secondary N) is 1. The van der Waals surface area contributed by atoms with Gasteiger partial charge < -0.3 is 14.7 Å². The molecule has 0 aromatic carbocycles. The molecule has 1 N–H and O–H groups in total. The van der Waals surface area contributed by atoms with E-state index in [1.807, 2.05) is 0 Å². The van der Waals surface area contributed by atoms with Crippen LogP contribution in [-0.2, 0) is 22.2 Å². The fourth-order valence-electron chi connectivity index (χ4n) is 2.38. The van der Waals surface area contributed by atoms with E-state index in [-0.39, 0.29) is 37.0 Å². The van der Waals surface area contributed by atoms with E-state index in [0.29, 0.717) is 19.5 Å². The first-order chi connectivity index (χ1) is 11.4. The van der Waals surface area contributed by atoms with Gasteiger partial charge in [0.05, 0.1) is 0 Å². The van der Waals surface area contributed by atoms with Gasteiger partial charge in [-0.2, -0.15) is 18.2 Å². The van der Waals surface area contributed by atoms with Crippen LogP contribution in [0.25, 0.3) is 0 Å². The number of aromatic nitrogens is 2. The Kier molecular flexibility index (Phi) is 6.16. The van der Waals surface area contributed by atoms with Gasteiger partial charge in [-0.3, -0.25) is 9.59 Å². The Hall–Kier alpha value is -2.13. The van der Waals surface area contributed by atoms with Crippen LogP contribution in [0.4, 0.5) is 13.2 Å². The molecule has 0 unspecified atom stereocenters. The zero-order chi connectivity index (χ0) is 17.6. The van der Waals surface area contributed by atoms with Gasteiger partial charge >= 0.3 is 12.1 Å². The highest BCUT2D eigenvalue weighted by molar-refractivity contribution is 5.79. The summed E-state index contributed by atoms with van der Waals surface area (Å²) in [6.07, 6.45) is -1.13. The van der Waals surface area contributed by atoms with Crippen molar-refractivity contribution in [2.24, 2.45) is 0 Å². The van der Waals surface area contributed by atoms with E-state index >= 15 is 0 Å². The van der Waals surface area contributed by atoms with Crippen molar-refractivity contribution in [2.75, 3.05) is 19.6 Å². The lowest BCUT2D eigenvalue weighted by Gasteiger charge is -2.19. The summed E-state index contributed by atoms with van der Waals surface area (Å²) in [7, 11) is 0. The molecule has 2 heterocycles. The van der Waals surface area contributed by atoms with Gasteiger partial charge in [-0.15, -0.1) is 0 Å². The molecule has 0 aliphatic carbocycles. The SMILES string of the molecule is O=C(CCN1CCCCCC1=O)NCCc1noc(C(F)(F)F)n1. The van der Waals surface area contributed by atoms with Gasteiger partial charge in [0.15, 0.2) is 5.82 Å². The zero-order valence-corrected chi connectivity index (χ0v) is 13.1. The van der Waals surface area contributed by atoms with Gasteiger partial charge in [-0.25, -0.2) is 0 Å². The number of amides is 2. The fraction of sp³-hybridized carbons (Fsp3) is 0.714. The van der Waals surface area contributed by atoms with Crippen LogP contribution in [0.15, 0.2) is 4.52 Å². The van der Waals surface area contributed by atoms with Crippen molar-refractivity contribution in [3.8, 4) is 0 Å². The van der Waals surface area contributed by atoms with Crippen molar-refractivity contribution in [2.45, 2.75) is 44.7 Å². The third-order valence-electron chi connectivity index (χ3n) is 3.66. The minimum absolute atomic E-state index is 0.0357. The molecule has 1 aromatic heterocycles. The van der Waals surface area contributed by atoms with Gasteiger partial charge in [-0.05, 0) is 12.8 Å². The number of carbonyl (C=O) groups excluding carboxylic acids is 2. The number of likely N-dealkylation sites (tertiary alicyclic amines) is 1. The predicted octanol–water partition coefficient (Wildman–Crippen LogP) is 1.54. The van der Waals surface area contributed by atoms with Crippen molar-refractivity contribution >= 4 is 11.8 Å². The molecule has 0 spiro atoms. The molecule has 1 aliphatic heterocycles. The molecule has 134 valence electrons. The monoisotopic (exact) mass is 348 g/mol. The summed E-state index contributed by atoms with van der Waals surface area (Å²) in [5, 5.41) is 5.78. The minimum Gasteiger partial charge on any atom is -0.356 e. The number of hydrogen-bond acceptors (Lipinski definition) is 5. The van der Waals surface area contributed by atoms with Crippen molar-refractivity contribution in [3.05, 3.63) is 11.7 Å². The largest absolute Gasteiger partial charge is 0.471 e. The third kappa shape index (κ3) is 5.50. The van der Waals surface area contributed by atoms with Crippen molar-refractivity contribution < 1.29 is 27.3 Å². The number of alkyl halides is 3.